The summed E-state index contributed by atoms with van der Waals surface area (Å²) in [5.74, 6) is 0. The van der Waals surface area contributed by atoms with Crippen LogP contribution in [0.3, 0.4) is 0 Å². The van der Waals surface area contributed by atoms with E-state index in [0.29, 0.717) is 6.42 Å². The first kappa shape index (κ1) is 15.5. The van der Waals surface area contributed by atoms with Gasteiger partial charge in [-0.3, -0.25) is 0 Å². The standard InChI is InChI=1S/C17H22BrNO/c1-2-17(20,14-8-7-9-15(18)12-14)16(13-19)10-5-3-4-6-11-16/h7-9,12,20H,2-6,10-11H2,1H3. The third-order valence-electron chi connectivity index (χ3n) is 4.78. The summed E-state index contributed by atoms with van der Waals surface area (Å²) in [4.78, 5) is 0. The molecule has 3 heteroatoms. The van der Waals surface area contributed by atoms with Crippen molar-refractivity contribution < 1.29 is 5.11 Å². The van der Waals surface area contributed by atoms with Crippen LogP contribution in [0.5, 0.6) is 0 Å². The van der Waals surface area contributed by atoms with Crippen LogP contribution in [0.2, 0.25) is 0 Å². The summed E-state index contributed by atoms with van der Waals surface area (Å²) in [5.41, 5.74) is -0.854. The van der Waals surface area contributed by atoms with Crippen molar-refractivity contribution >= 4 is 15.9 Å². The van der Waals surface area contributed by atoms with Gasteiger partial charge >= 0.3 is 0 Å². The Labute approximate surface area is 129 Å². The number of aliphatic hydroxyl groups is 1. The van der Waals surface area contributed by atoms with Gasteiger partial charge in [0.2, 0.25) is 0 Å². The molecule has 108 valence electrons. The molecule has 0 saturated heterocycles. The molecule has 0 amide bonds. The summed E-state index contributed by atoms with van der Waals surface area (Å²) >= 11 is 3.47. The van der Waals surface area contributed by atoms with Gasteiger partial charge in [-0.05, 0) is 37.0 Å². The Kier molecular flexibility index (Phi) is 4.88. The second-order valence-corrected chi connectivity index (χ2v) is 6.75. The molecule has 1 unspecified atom stereocenters. The van der Waals surface area contributed by atoms with Crippen LogP contribution in [0.25, 0.3) is 0 Å². The summed E-state index contributed by atoms with van der Waals surface area (Å²) in [7, 11) is 0. The fourth-order valence-electron chi connectivity index (χ4n) is 3.51. The van der Waals surface area contributed by atoms with Gasteiger partial charge < -0.3 is 5.11 Å². The van der Waals surface area contributed by atoms with Gasteiger partial charge in [0.15, 0.2) is 0 Å². The lowest BCUT2D eigenvalue weighted by Crippen LogP contribution is -2.44. The molecular formula is C17H22BrNO. The molecule has 1 N–H and O–H groups in total. The average molecular weight is 336 g/mol. The molecule has 1 saturated carbocycles. The van der Waals surface area contributed by atoms with Gasteiger partial charge in [-0.1, -0.05) is 60.7 Å². The van der Waals surface area contributed by atoms with E-state index in [-0.39, 0.29) is 0 Å². The Bertz CT molecular complexity index is 500. The molecule has 1 aromatic carbocycles. The van der Waals surface area contributed by atoms with Gasteiger partial charge in [-0.2, -0.15) is 5.26 Å². The molecule has 20 heavy (non-hydrogen) atoms. The van der Waals surface area contributed by atoms with E-state index in [1.807, 2.05) is 31.2 Å². The third kappa shape index (κ3) is 2.64. The lowest BCUT2D eigenvalue weighted by Gasteiger charge is -2.42. The molecule has 1 aromatic rings. The molecule has 2 nitrogen and oxygen atoms in total. The second kappa shape index (κ2) is 6.28. The van der Waals surface area contributed by atoms with Crippen molar-refractivity contribution in [2.24, 2.45) is 5.41 Å². The van der Waals surface area contributed by atoms with E-state index in [4.69, 9.17) is 0 Å². The Morgan fingerprint density at radius 1 is 1.30 bits per heavy atom. The van der Waals surface area contributed by atoms with Crippen LogP contribution in [-0.2, 0) is 5.60 Å². The zero-order valence-electron chi connectivity index (χ0n) is 12.0. The van der Waals surface area contributed by atoms with E-state index in [1.165, 1.54) is 12.8 Å². The Morgan fingerprint density at radius 3 is 2.45 bits per heavy atom. The molecule has 0 spiro atoms. The SMILES string of the molecule is CCC(O)(c1cccc(Br)c1)C1(C#N)CCCCCC1. The van der Waals surface area contributed by atoms with Gasteiger partial charge in [0.25, 0.3) is 0 Å². The molecule has 0 radical (unpaired) electrons. The maximum Gasteiger partial charge on any atom is 0.108 e. The maximum absolute atomic E-state index is 11.4. The van der Waals surface area contributed by atoms with Gasteiger partial charge in [0.1, 0.15) is 5.60 Å². The van der Waals surface area contributed by atoms with Crippen LogP contribution in [0, 0.1) is 16.7 Å². The van der Waals surface area contributed by atoms with Crippen molar-refractivity contribution in [2.45, 2.75) is 57.5 Å². The predicted molar refractivity (Wildman–Crippen MR) is 84.1 cm³/mol. The van der Waals surface area contributed by atoms with Crippen molar-refractivity contribution in [3.8, 4) is 6.07 Å². The molecule has 0 heterocycles. The van der Waals surface area contributed by atoms with Crippen LogP contribution in [-0.4, -0.2) is 5.11 Å². The first-order chi connectivity index (χ1) is 9.58. The van der Waals surface area contributed by atoms with E-state index >= 15 is 0 Å². The minimum Gasteiger partial charge on any atom is -0.383 e. The zero-order chi connectivity index (χ0) is 14.6. The van der Waals surface area contributed by atoms with E-state index < -0.39 is 11.0 Å². The van der Waals surface area contributed by atoms with Crippen molar-refractivity contribution in [2.75, 3.05) is 0 Å². The summed E-state index contributed by atoms with van der Waals surface area (Å²) in [6, 6.07) is 10.3. The van der Waals surface area contributed by atoms with E-state index in [9.17, 15) is 10.4 Å². The second-order valence-electron chi connectivity index (χ2n) is 5.83. The average Bonchev–Trinajstić information content (AvgIpc) is 2.73. The molecule has 0 aliphatic heterocycles. The zero-order valence-corrected chi connectivity index (χ0v) is 13.6. The Morgan fingerprint density at radius 2 is 1.95 bits per heavy atom. The number of benzene rings is 1. The number of hydrogen-bond donors (Lipinski definition) is 1. The first-order valence-corrected chi connectivity index (χ1v) is 8.27. The highest BCUT2D eigenvalue weighted by Gasteiger charge is 2.50. The third-order valence-corrected chi connectivity index (χ3v) is 5.27. The molecule has 0 bridgehead atoms. The largest absolute Gasteiger partial charge is 0.383 e. The van der Waals surface area contributed by atoms with Crippen LogP contribution in [0.1, 0.15) is 57.4 Å². The number of nitriles is 1. The van der Waals surface area contributed by atoms with E-state index in [0.717, 1.165) is 35.7 Å². The summed E-state index contributed by atoms with van der Waals surface area (Å²) in [6.07, 6.45) is 6.55. The summed E-state index contributed by atoms with van der Waals surface area (Å²) < 4.78 is 0.948. The van der Waals surface area contributed by atoms with Crippen LogP contribution < -0.4 is 0 Å². The highest BCUT2D eigenvalue weighted by atomic mass is 79.9. The molecule has 1 atom stereocenters. The van der Waals surface area contributed by atoms with Crippen LogP contribution in [0.15, 0.2) is 28.7 Å². The molecule has 1 aliphatic rings. The first-order valence-electron chi connectivity index (χ1n) is 7.48. The van der Waals surface area contributed by atoms with E-state index in [1.54, 1.807) is 0 Å². The molecule has 0 aromatic heterocycles. The molecular weight excluding hydrogens is 314 g/mol. The number of nitrogens with zero attached hydrogens (tertiary/aromatic N) is 1. The lowest BCUT2D eigenvalue weighted by molar-refractivity contribution is -0.0731. The molecule has 1 fully saturated rings. The molecule has 1 aliphatic carbocycles. The highest BCUT2D eigenvalue weighted by Crippen LogP contribution is 2.50. The fourth-order valence-corrected chi connectivity index (χ4v) is 3.91. The van der Waals surface area contributed by atoms with Crippen molar-refractivity contribution in [3.63, 3.8) is 0 Å². The minimum absolute atomic E-state index is 0.566. The number of halogens is 1. The quantitative estimate of drug-likeness (QED) is 0.797. The van der Waals surface area contributed by atoms with E-state index in [2.05, 4.69) is 22.0 Å². The highest BCUT2D eigenvalue weighted by molar-refractivity contribution is 9.10. The maximum atomic E-state index is 11.4. The summed E-state index contributed by atoms with van der Waals surface area (Å²) in [6.45, 7) is 1.98. The van der Waals surface area contributed by atoms with Gasteiger partial charge in [0.05, 0.1) is 11.5 Å². The Balaban J connectivity index is 2.49. The Hall–Kier alpha value is -0.850. The minimum atomic E-state index is -1.06. The van der Waals surface area contributed by atoms with Crippen LogP contribution >= 0.6 is 15.9 Å². The van der Waals surface area contributed by atoms with Crippen LogP contribution in [0.4, 0.5) is 0 Å². The van der Waals surface area contributed by atoms with Crippen molar-refractivity contribution in [1.82, 2.24) is 0 Å². The summed E-state index contributed by atoms with van der Waals surface area (Å²) in [5, 5.41) is 21.2. The topological polar surface area (TPSA) is 44.0 Å². The molecule has 2 rings (SSSR count). The fraction of sp³-hybridized carbons (Fsp3) is 0.588. The van der Waals surface area contributed by atoms with Crippen molar-refractivity contribution in [1.29, 1.82) is 5.26 Å². The normalized spacial score (nSPS) is 21.5. The van der Waals surface area contributed by atoms with Crippen molar-refractivity contribution in [3.05, 3.63) is 34.3 Å². The predicted octanol–water partition coefficient (Wildman–Crippen LogP) is 4.91. The van der Waals surface area contributed by atoms with Gasteiger partial charge in [0, 0.05) is 4.47 Å². The van der Waals surface area contributed by atoms with Gasteiger partial charge in [-0.15, -0.1) is 0 Å². The number of hydrogen-bond acceptors (Lipinski definition) is 2. The van der Waals surface area contributed by atoms with Gasteiger partial charge in [-0.25, -0.2) is 0 Å². The monoisotopic (exact) mass is 335 g/mol. The smallest absolute Gasteiger partial charge is 0.108 e. The lowest BCUT2D eigenvalue weighted by atomic mass is 9.64. The number of rotatable bonds is 3.